The number of sulfonamides is 1. The molecule has 0 aliphatic heterocycles. The molecule has 5 nitrogen and oxygen atoms in total. The zero-order valence-corrected chi connectivity index (χ0v) is 15.1. The van der Waals surface area contributed by atoms with Crippen molar-refractivity contribution < 1.29 is 17.9 Å². The van der Waals surface area contributed by atoms with Crippen molar-refractivity contribution in [1.29, 1.82) is 0 Å². The normalized spacial score (nSPS) is 18.2. The lowest BCUT2D eigenvalue weighted by atomic mass is 9.92. The molecule has 0 amide bonds. The van der Waals surface area contributed by atoms with Crippen molar-refractivity contribution in [3.63, 3.8) is 0 Å². The predicted octanol–water partition coefficient (Wildman–Crippen LogP) is 3.54. The fourth-order valence-corrected chi connectivity index (χ4v) is 5.48. The van der Waals surface area contributed by atoms with Crippen molar-refractivity contribution in [2.24, 2.45) is 0 Å². The number of carbonyl (C=O) groups is 1. The number of esters is 1. The molecule has 0 aromatic heterocycles. The van der Waals surface area contributed by atoms with E-state index in [1.165, 1.54) is 19.2 Å². The van der Waals surface area contributed by atoms with Gasteiger partial charge in [0.2, 0.25) is 10.0 Å². The fourth-order valence-electron chi connectivity index (χ4n) is 2.92. The van der Waals surface area contributed by atoms with E-state index in [2.05, 4.69) is 4.72 Å². The van der Waals surface area contributed by atoms with Crippen LogP contribution in [0.25, 0.3) is 0 Å². The highest BCUT2D eigenvalue weighted by atomic mass is 35.5. The molecule has 0 heterocycles. The Hall–Kier alpha value is -0.820. The van der Waals surface area contributed by atoms with E-state index in [1.54, 1.807) is 6.07 Å². The van der Waals surface area contributed by atoms with Crippen molar-refractivity contribution in [2.75, 3.05) is 7.11 Å². The second kappa shape index (κ2) is 7.38. The van der Waals surface area contributed by atoms with E-state index in [0.717, 1.165) is 25.7 Å². The van der Waals surface area contributed by atoms with Crippen molar-refractivity contribution in [3.05, 3.63) is 28.2 Å². The Balaban J connectivity index is 2.44. The Bertz CT molecular complexity index is 662. The first-order chi connectivity index (χ1) is 10.8. The maximum atomic E-state index is 12.8. The minimum absolute atomic E-state index is 0.0126. The SMILES string of the molecule is COC(=O)C1(NS(=O)(=O)c2c(Cl)cccc2Cl)CCCCCC1. The molecule has 0 atom stereocenters. The second-order valence-corrected chi connectivity index (χ2v) is 8.08. The molecule has 1 N–H and O–H groups in total. The number of carbonyl (C=O) groups excluding carboxylic acids is 1. The van der Waals surface area contributed by atoms with Gasteiger partial charge in [-0.05, 0) is 25.0 Å². The molecule has 0 spiro atoms. The maximum absolute atomic E-state index is 12.8. The quantitative estimate of drug-likeness (QED) is 0.641. The average Bonchev–Trinajstić information content (AvgIpc) is 2.72. The summed E-state index contributed by atoms with van der Waals surface area (Å²) in [4.78, 5) is 12.1. The number of methoxy groups -OCH3 is 1. The van der Waals surface area contributed by atoms with Crippen LogP contribution in [-0.2, 0) is 19.6 Å². The van der Waals surface area contributed by atoms with Crippen LogP contribution in [0.1, 0.15) is 38.5 Å². The molecule has 0 bridgehead atoms. The number of hydrogen-bond donors (Lipinski definition) is 1. The van der Waals surface area contributed by atoms with Crippen LogP contribution in [0.2, 0.25) is 10.0 Å². The number of ether oxygens (including phenoxy) is 1. The molecule has 2 rings (SSSR count). The summed E-state index contributed by atoms with van der Waals surface area (Å²) < 4.78 is 33.0. The summed E-state index contributed by atoms with van der Waals surface area (Å²) in [6.07, 6.45) is 4.17. The van der Waals surface area contributed by atoms with Crippen LogP contribution in [0.5, 0.6) is 0 Å². The number of rotatable bonds is 4. The Morgan fingerprint density at radius 2 is 1.65 bits per heavy atom. The molecular formula is C15H19Cl2NO4S. The summed E-state index contributed by atoms with van der Waals surface area (Å²) in [7, 11) is -2.81. The first kappa shape index (κ1) is 18.5. The fraction of sp³-hybridized carbons (Fsp3) is 0.533. The molecule has 0 radical (unpaired) electrons. The molecule has 128 valence electrons. The number of nitrogens with one attached hydrogen (secondary N) is 1. The molecule has 1 aromatic rings. The van der Waals surface area contributed by atoms with E-state index in [-0.39, 0.29) is 14.9 Å². The monoisotopic (exact) mass is 379 g/mol. The molecule has 0 saturated heterocycles. The van der Waals surface area contributed by atoms with Gasteiger partial charge >= 0.3 is 5.97 Å². The first-order valence-corrected chi connectivity index (χ1v) is 9.63. The summed E-state index contributed by atoms with van der Waals surface area (Å²) in [5.74, 6) is -0.578. The minimum Gasteiger partial charge on any atom is -0.468 e. The number of halogens is 2. The van der Waals surface area contributed by atoms with Gasteiger partial charge in [0, 0.05) is 0 Å². The highest BCUT2D eigenvalue weighted by Crippen LogP contribution is 2.34. The lowest BCUT2D eigenvalue weighted by Crippen LogP contribution is -2.54. The summed E-state index contributed by atoms with van der Waals surface area (Å²) in [6.45, 7) is 0. The van der Waals surface area contributed by atoms with Gasteiger partial charge in [0.1, 0.15) is 10.4 Å². The van der Waals surface area contributed by atoms with Crippen LogP contribution in [0, 0.1) is 0 Å². The average molecular weight is 380 g/mol. The molecule has 8 heteroatoms. The molecular weight excluding hydrogens is 361 g/mol. The smallest absolute Gasteiger partial charge is 0.327 e. The van der Waals surface area contributed by atoms with Crippen molar-refractivity contribution in [1.82, 2.24) is 4.72 Å². The number of hydrogen-bond acceptors (Lipinski definition) is 4. The standard InChI is InChI=1S/C15H19Cl2NO4S/c1-22-14(19)15(9-4-2-3-5-10-15)18-23(20,21)13-11(16)7-6-8-12(13)17/h6-8,18H,2-5,9-10H2,1H3. The second-order valence-electron chi connectivity index (χ2n) is 5.64. The van der Waals surface area contributed by atoms with Crippen LogP contribution in [0.4, 0.5) is 0 Å². The molecule has 1 saturated carbocycles. The maximum Gasteiger partial charge on any atom is 0.327 e. The summed E-state index contributed by atoms with van der Waals surface area (Å²) in [5, 5.41) is 0.0253. The Labute approximate surface area is 146 Å². The zero-order chi connectivity index (χ0) is 17.1. The van der Waals surface area contributed by atoms with Gasteiger partial charge in [-0.2, -0.15) is 4.72 Å². The van der Waals surface area contributed by atoms with Gasteiger partial charge in [-0.25, -0.2) is 8.42 Å². The van der Waals surface area contributed by atoms with Gasteiger partial charge in [0.25, 0.3) is 0 Å². The van der Waals surface area contributed by atoms with Gasteiger partial charge in [0.15, 0.2) is 0 Å². The third kappa shape index (κ3) is 3.99. The lowest BCUT2D eigenvalue weighted by molar-refractivity contribution is -0.148. The summed E-state index contributed by atoms with van der Waals surface area (Å²) in [5.41, 5.74) is -1.27. The van der Waals surface area contributed by atoms with Gasteiger partial charge in [-0.1, -0.05) is 55.0 Å². The van der Waals surface area contributed by atoms with Crippen LogP contribution in [-0.4, -0.2) is 27.0 Å². The topological polar surface area (TPSA) is 72.5 Å². The van der Waals surface area contributed by atoms with E-state index >= 15 is 0 Å². The van der Waals surface area contributed by atoms with E-state index in [4.69, 9.17) is 27.9 Å². The summed E-state index contributed by atoms with van der Waals surface area (Å²) >= 11 is 12.0. The molecule has 1 aliphatic rings. The number of benzene rings is 1. The van der Waals surface area contributed by atoms with Gasteiger partial charge in [0.05, 0.1) is 17.2 Å². The van der Waals surface area contributed by atoms with E-state index in [0.29, 0.717) is 12.8 Å². The molecule has 23 heavy (non-hydrogen) atoms. The highest BCUT2D eigenvalue weighted by molar-refractivity contribution is 7.89. The Morgan fingerprint density at radius 3 is 2.13 bits per heavy atom. The van der Waals surface area contributed by atoms with Crippen molar-refractivity contribution in [3.8, 4) is 0 Å². The van der Waals surface area contributed by atoms with Crippen LogP contribution in [0.15, 0.2) is 23.1 Å². The molecule has 1 aliphatic carbocycles. The van der Waals surface area contributed by atoms with Crippen LogP contribution in [0.3, 0.4) is 0 Å². The van der Waals surface area contributed by atoms with Gasteiger partial charge in [-0.15, -0.1) is 0 Å². The van der Waals surface area contributed by atoms with E-state index in [1.807, 2.05) is 0 Å². The minimum atomic E-state index is -4.07. The third-order valence-corrected chi connectivity index (χ3v) is 6.54. The first-order valence-electron chi connectivity index (χ1n) is 7.39. The van der Waals surface area contributed by atoms with E-state index < -0.39 is 21.5 Å². The van der Waals surface area contributed by atoms with E-state index in [9.17, 15) is 13.2 Å². The third-order valence-electron chi connectivity index (χ3n) is 4.05. The molecule has 0 unspecified atom stereocenters. The van der Waals surface area contributed by atoms with Gasteiger partial charge < -0.3 is 4.74 Å². The van der Waals surface area contributed by atoms with Crippen LogP contribution >= 0.6 is 23.2 Å². The van der Waals surface area contributed by atoms with Crippen LogP contribution < -0.4 is 4.72 Å². The van der Waals surface area contributed by atoms with Gasteiger partial charge in [-0.3, -0.25) is 4.79 Å². The largest absolute Gasteiger partial charge is 0.468 e. The Kier molecular flexibility index (Phi) is 5.94. The molecule has 1 aromatic carbocycles. The van der Waals surface area contributed by atoms with Crippen molar-refractivity contribution in [2.45, 2.75) is 49.0 Å². The zero-order valence-electron chi connectivity index (χ0n) is 12.8. The highest BCUT2D eigenvalue weighted by Gasteiger charge is 2.44. The molecule has 1 fully saturated rings. The van der Waals surface area contributed by atoms with Crippen molar-refractivity contribution >= 4 is 39.2 Å². The Morgan fingerprint density at radius 1 is 1.13 bits per heavy atom. The summed E-state index contributed by atoms with van der Waals surface area (Å²) in [6, 6.07) is 4.45. The lowest BCUT2D eigenvalue weighted by Gasteiger charge is -2.30. The predicted molar refractivity (Wildman–Crippen MR) is 89.2 cm³/mol.